The maximum atomic E-state index is 11.9. The Morgan fingerprint density at radius 3 is 2.54 bits per heavy atom. The standard InChI is InChI=1S/C20H28N4O2S.HI/c1-3-21-20(24-14-11-16-7-9-17(26-2)10-8-16)23-13-5-12-22-19(25)18-6-4-15-27-18;/h4,6-10,15H,3,5,11-14H2,1-2H3,(H,22,25)(H2,21,23,24);1H. The zero-order valence-electron chi connectivity index (χ0n) is 16.4. The third kappa shape index (κ3) is 8.92. The summed E-state index contributed by atoms with van der Waals surface area (Å²) in [7, 11) is 1.67. The quantitative estimate of drug-likeness (QED) is 0.196. The minimum atomic E-state index is -0.0153. The van der Waals surface area contributed by atoms with Crippen molar-refractivity contribution in [2.45, 2.75) is 19.8 Å². The second-order valence-corrected chi connectivity index (χ2v) is 6.82. The number of carbonyl (C=O) groups is 1. The molecule has 2 aromatic rings. The zero-order chi connectivity index (χ0) is 19.3. The van der Waals surface area contributed by atoms with Crippen LogP contribution in [0.4, 0.5) is 0 Å². The van der Waals surface area contributed by atoms with Crippen LogP contribution in [0.15, 0.2) is 46.8 Å². The average Bonchev–Trinajstić information content (AvgIpc) is 3.23. The number of methoxy groups -OCH3 is 1. The maximum absolute atomic E-state index is 11.9. The van der Waals surface area contributed by atoms with Gasteiger partial charge in [-0.25, -0.2) is 0 Å². The Morgan fingerprint density at radius 2 is 1.89 bits per heavy atom. The van der Waals surface area contributed by atoms with Gasteiger partial charge in [-0.3, -0.25) is 9.79 Å². The van der Waals surface area contributed by atoms with Crippen molar-refractivity contribution in [1.82, 2.24) is 16.0 Å². The van der Waals surface area contributed by atoms with E-state index >= 15 is 0 Å². The number of halogens is 1. The number of nitrogens with zero attached hydrogens (tertiary/aromatic N) is 1. The molecule has 1 aromatic carbocycles. The molecular weight excluding hydrogens is 487 g/mol. The van der Waals surface area contributed by atoms with Crippen LogP contribution in [0.2, 0.25) is 0 Å². The molecule has 0 aliphatic heterocycles. The third-order valence-corrected chi connectivity index (χ3v) is 4.71. The fraction of sp³-hybridized carbons (Fsp3) is 0.400. The molecular formula is C20H29IN4O2S. The number of rotatable bonds is 10. The molecule has 6 nitrogen and oxygen atoms in total. The Morgan fingerprint density at radius 1 is 1.11 bits per heavy atom. The van der Waals surface area contributed by atoms with E-state index < -0.39 is 0 Å². The predicted octanol–water partition coefficient (Wildman–Crippen LogP) is 3.29. The van der Waals surface area contributed by atoms with Gasteiger partial charge in [-0.05, 0) is 48.9 Å². The Bertz CT molecular complexity index is 706. The first-order valence-corrected chi connectivity index (χ1v) is 10.1. The molecule has 154 valence electrons. The van der Waals surface area contributed by atoms with E-state index in [4.69, 9.17) is 4.74 Å². The van der Waals surface area contributed by atoms with Crippen LogP contribution in [0.3, 0.4) is 0 Å². The Kier molecular flexibility index (Phi) is 12.3. The maximum Gasteiger partial charge on any atom is 0.261 e. The van der Waals surface area contributed by atoms with Gasteiger partial charge in [-0.15, -0.1) is 35.3 Å². The first-order chi connectivity index (χ1) is 13.2. The second kappa shape index (κ2) is 14.2. The summed E-state index contributed by atoms with van der Waals surface area (Å²) in [6.45, 7) is 4.92. The van der Waals surface area contributed by atoms with Crippen molar-refractivity contribution in [3.8, 4) is 5.75 Å². The van der Waals surface area contributed by atoms with Crippen molar-refractivity contribution in [3.63, 3.8) is 0 Å². The van der Waals surface area contributed by atoms with Crippen LogP contribution in [-0.2, 0) is 6.42 Å². The normalized spacial score (nSPS) is 10.7. The highest BCUT2D eigenvalue weighted by atomic mass is 127. The molecule has 0 atom stereocenters. The highest BCUT2D eigenvalue weighted by Crippen LogP contribution is 2.11. The lowest BCUT2D eigenvalue weighted by Crippen LogP contribution is -2.38. The predicted molar refractivity (Wildman–Crippen MR) is 127 cm³/mol. The van der Waals surface area contributed by atoms with Crippen LogP contribution >= 0.6 is 35.3 Å². The lowest BCUT2D eigenvalue weighted by Gasteiger charge is -2.11. The average molecular weight is 516 g/mol. The van der Waals surface area contributed by atoms with Crippen molar-refractivity contribution in [1.29, 1.82) is 0 Å². The zero-order valence-corrected chi connectivity index (χ0v) is 19.5. The number of ether oxygens (including phenoxy) is 1. The molecule has 0 fully saturated rings. The Labute approximate surface area is 188 Å². The second-order valence-electron chi connectivity index (χ2n) is 5.87. The van der Waals surface area contributed by atoms with Crippen LogP contribution in [0.5, 0.6) is 5.75 Å². The van der Waals surface area contributed by atoms with Crippen LogP contribution in [0.25, 0.3) is 0 Å². The number of amides is 1. The number of thiophene rings is 1. The van der Waals surface area contributed by atoms with Gasteiger partial charge in [-0.2, -0.15) is 0 Å². The molecule has 8 heteroatoms. The van der Waals surface area contributed by atoms with Crippen LogP contribution < -0.4 is 20.7 Å². The van der Waals surface area contributed by atoms with Crippen molar-refractivity contribution >= 4 is 47.2 Å². The number of aliphatic imine (C=N–C) groups is 1. The minimum Gasteiger partial charge on any atom is -0.497 e. The molecule has 0 saturated heterocycles. The summed E-state index contributed by atoms with van der Waals surface area (Å²) >= 11 is 1.45. The molecule has 1 amide bonds. The lowest BCUT2D eigenvalue weighted by molar-refractivity contribution is 0.0957. The summed E-state index contributed by atoms with van der Waals surface area (Å²) in [6, 6.07) is 11.8. The van der Waals surface area contributed by atoms with E-state index in [1.807, 2.05) is 36.6 Å². The van der Waals surface area contributed by atoms with E-state index in [9.17, 15) is 4.79 Å². The number of benzene rings is 1. The smallest absolute Gasteiger partial charge is 0.261 e. The van der Waals surface area contributed by atoms with Crippen molar-refractivity contribution in [2.24, 2.45) is 4.99 Å². The summed E-state index contributed by atoms with van der Waals surface area (Å²) in [4.78, 5) is 17.2. The van der Waals surface area contributed by atoms with Gasteiger partial charge in [0, 0.05) is 26.2 Å². The fourth-order valence-corrected chi connectivity index (χ4v) is 3.07. The number of nitrogens with one attached hydrogen (secondary N) is 3. The third-order valence-electron chi connectivity index (χ3n) is 3.84. The topological polar surface area (TPSA) is 74.8 Å². The first kappa shape index (κ1) is 24.2. The van der Waals surface area contributed by atoms with Gasteiger partial charge in [0.05, 0.1) is 12.0 Å². The molecule has 28 heavy (non-hydrogen) atoms. The Hall–Kier alpha value is -1.81. The van der Waals surface area contributed by atoms with E-state index in [0.717, 1.165) is 42.5 Å². The van der Waals surface area contributed by atoms with Crippen molar-refractivity contribution in [2.75, 3.05) is 33.3 Å². The molecule has 2 rings (SSSR count). The van der Waals surface area contributed by atoms with E-state index in [2.05, 4.69) is 33.1 Å². The van der Waals surface area contributed by atoms with Gasteiger partial charge < -0.3 is 20.7 Å². The highest BCUT2D eigenvalue weighted by Gasteiger charge is 2.04. The number of guanidine groups is 1. The molecule has 0 radical (unpaired) electrons. The molecule has 1 aromatic heterocycles. The van der Waals surface area contributed by atoms with E-state index in [0.29, 0.717) is 13.1 Å². The minimum absolute atomic E-state index is 0. The molecule has 0 bridgehead atoms. The van der Waals surface area contributed by atoms with E-state index in [1.54, 1.807) is 7.11 Å². The lowest BCUT2D eigenvalue weighted by atomic mass is 10.1. The Balaban J connectivity index is 0.00000392. The van der Waals surface area contributed by atoms with Crippen molar-refractivity contribution < 1.29 is 9.53 Å². The fourth-order valence-electron chi connectivity index (χ4n) is 2.43. The van der Waals surface area contributed by atoms with Gasteiger partial charge in [-0.1, -0.05) is 18.2 Å². The van der Waals surface area contributed by atoms with E-state index in [-0.39, 0.29) is 29.9 Å². The summed E-state index contributed by atoms with van der Waals surface area (Å²) < 4.78 is 5.17. The monoisotopic (exact) mass is 516 g/mol. The van der Waals surface area contributed by atoms with Crippen molar-refractivity contribution in [3.05, 3.63) is 52.2 Å². The van der Waals surface area contributed by atoms with E-state index in [1.165, 1.54) is 16.9 Å². The first-order valence-electron chi connectivity index (χ1n) is 9.19. The highest BCUT2D eigenvalue weighted by molar-refractivity contribution is 14.0. The molecule has 0 saturated carbocycles. The van der Waals surface area contributed by atoms with Crippen LogP contribution in [0.1, 0.15) is 28.6 Å². The number of hydrogen-bond acceptors (Lipinski definition) is 4. The van der Waals surface area contributed by atoms with Gasteiger partial charge in [0.15, 0.2) is 5.96 Å². The number of hydrogen-bond donors (Lipinski definition) is 3. The summed E-state index contributed by atoms with van der Waals surface area (Å²) in [5.41, 5.74) is 1.25. The van der Waals surface area contributed by atoms with Crippen LogP contribution in [-0.4, -0.2) is 45.2 Å². The molecule has 0 spiro atoms. The van der Waals surface area contributed by atoms with Gasteiger partial charge in [0.2, 0.25) is 0 Å². The molecule has 0 unspecified atom stereocenters. The summed E-state index contributed by atoms with van der Waals surface area (Å²) in [5, 5.41) is 11.4. The van der Waals surface area contributed by atoms with Crippen LogP contribution in [0, 0.1) is 0 Å². The SMILES string of the molecule is CCNC(=NCCCNC(=O)c1cccs1)NCCc1ccc(OC)cc1.I. The molecule has 0 aliphatic carbocycles. The van der Waals surface area contributed by atoms with Gasteiger partial charge >= 0.3 is 0 Å². The molecule has 0 aliphatic rings. The largest absolute Gasteiger partial charge is 0.497 e. The summed E-state index contributed by atoms with van der Waals surface area (Å²) in [6.07, 6.45) is 1.71. The molecule has 3 N–H and O–H groups in total. The number of carbonyl (C=O) groups excluding carboxylic acids is 1. The van der Waals surface area contributed by atoms with Gasteiger partial charge in [0.1, 0.15) is 5.75 Å². The molecule has 1 heterocycles. The summed E-state index contributed by atoms with van der Waals surface area (Å²) in [5.74, 6) is 1.65. The van der Waals surface area contributed by atoms with Gasteiger partial charge in [0.25, 0.3) is 5.91 Å².